The zero-order valence-corrected chi connectivity index (χ0v) is 13.6. The highest BCUT2D eigenvalue weighted by Crippen LogP contribution is 2.32. The van der Waals surface area contributed by atoms with Gasteiger partial charge in [-0.2, -0.15) is 0 Å². The lowest BCUT2D eigenvalue weighted by Crippen LogP contribution is -2.27. The summed E-state index contributed by atoms with van der Waals surface area (Å²) in [5.41, 5.74) is 6.50. The van der Waals surface area contributed by atoms with Crippen LogP contribution >= 0.6 is 23.2 Å². The number of nitrogens with one attached hydrogen (secondary N) is 1. The van der Waals surface area contributed by atoms with Crippen molar-refractivity contribution in [3.63, 3.8) is 0 Å². The molecule has 0 bridgehead atoms. The molecule has 1 amide bonds. The summed E-state index contributed by atoms with van der Waals surface area (Å²) in [4.78, 5) is 14.0. The van der Waals surface area contributed by atoms with E-state index in [-0.39, 0.29) is 5.91 Å². The molecule has 1 aromatic carbocycles. The molecule has 20 heavy (non-hydrogen) atoms. The van der Waals surface area contributed by atoms with Gasteiger partial charge in [0.05, 0.1) is 15.7 Å². The zero-order chi connectivity index (χ0) is 15.3. The Bertz CT molecular complexity index is 454. The standard InChI is InChI=1S/C14H21Cl2N3O/c1-9(2)8-19(3)5-4-13(20)18-14-11(15)6-10(17)7-12(14)16/h6-7,9H,4-5,8,17H2,1-3H3,(H,18,20). The number of benzene rings is 1. The normalized spacial score (nSPS) is 11.2. The van der Waals surface area contributed by atoms with Crippen LogP contribution in [0.1, 0.15) is 20.3 Å². The summed E-state index contributed by atoms with van der Waals surface area (Å²) in [6.45, 7) is 5.93. The van der Waals surface area contributed by atoms with Crippen LogP contribution in [-0.2, 0) is 4.79 Å². The van der Waals surface area contributed by atoms with E-state index in [9.17, 15) is 4.79 Å². The molecule has 0 unspecified atom stereocenters. The maximum absolute atomic E-state index is 11.9. The van der Waals surface area contributed by atoms with Gasteiger partial charge in [-0.05, 0) is 25.1 Å². The van der Waals surface area contributed by atoms with E-state index < -0.39 is 0 Å². The van der Waals surface area contributed by atoms with Crippen LogP contribution in [0.4, 0.5) is 11.4 Å². The topological polar surface area (TPSA) is 58.4 Å². The van der Waals surface area contributed by atoms with E-state index in [2.05, 4.69) is 24.1 Å². The first-order valence-corrected chi connectivity index (χ1v) is 7.28. The second-order valence-corrected chi connectivity index (χ2v) is 6.13. The average Bonchev–Trinajstić information content (AvgIpc) is 2.30. The van der Waals surface area contributed by atoms with Crippen LogP contribution in [0, 0.1) is 5.92 Å². The fraction of sp³-hybridized carbons (Fsp3) is 0.500. The SMILES string of the molecule is CC(C)CN(C)CCC(=O)Nc1c(Cl)cc(N)cc1Cl. The Morgan fingerprint density at radius 1 is 1.35 bits per heavy atom. The van der Waals surface area contributed by atoms with Crippen molar-refractivity contribution in [2.45, 2.75) is 20.3 Å². The Kier molecular flexibility index (Phi) is 6.59. The third kappa shape index (κ3) is 5.57. The summed E-state index contributed by atoms with van der Waals surface area (Å²) in [5, 5.41) is 3.42. The smallest absolute Gasteiger partial charge is 0.225 e. The van der Waals surface area contributed by atoms with Gasteiger partial charge in [-0.15, -0.1) is 0 Å². The highest BCUT2D eigenvalue weighted by Gasteiger charge is 2.12. The number of amides is 1. The van der Waals surface area contributed by atoms with Gasteiger partial charge in [0, 0.05) is 25.2 Å². The lowest BCUT2D eigenvalue weighted by atomic mass is 10.2. The van der Waals surface area contributed by atoms with Crippen LogP contribution in [-0.4, -0.2) is 30.9 Å². The van der Waals surface area contributed by atoms with Gasteiger partial charge < -0.3 is 16.0 Å². The summed E-state index contributed by atoms with van der Waals surface area (Å²) < 4.78 is 0. The predicted molar refractivity (Wildman–Crippen MR) is 86.5 cm³/mol. The van der Waals surface area contributed by atoms with E-state index >= 15 is 0 Å². The summed E-state index contributed by atoms with van der Waals surface area (Å²) >= 11 is 12.0. The fourth-order valence-corrected chi connectivity index (χ4v) is 2.52. The molecule has 0 saturated carbocycles. The summed E-state index contributed by atoms with van der Waals surface area (Å²) in [5.74, 6) is 0.457. The molecule has 0 aliphatic rings. The highest BCUT2D eigenvalue weighted by molar-refractivity contribution is 6.40. The first kappa shape index (κ1) is 17.1. The second kappa shape index (κ2) is 7.72. The first-order valence-electron chi connectivity index (χ1n) is 6.52. The quantitative estimate of drug-likeness (QED) is 0.789. The number of hydrogen-bond acceptors (Lipinski definition) is 3. The maximum atomic E-state index is 11.9. The lowest BCUT2D eigenvalue weighted by molar-refractivity contribution is -0.116. The monoisotopic (exact) mass is 317 g/mol. The van der Waals surface area contributed by atoms with Crippen molar-refractivity contribution in [1.29, 1.82) is 0 Å². The number of halogens is 2. The van der Waals surface area contributed by atoms with Crippen LogP contribution in [0.15, 0.2) is 12.1 Å². The number of hydrogen-bond donors (Lipinski definition) is 2. The van der Waals surface area contributed by atoms with Crippen LogP contribution in [0.5, 0.6) is 0 Å². The minimum atomic E-state index is -0.117. The van der Waals surface area contributed by atoms with Crippen LogP contribution < -0.4 is 11.1 Å². The molecule has 0 heterocycles. The van der Waals surface area contributed by atoms with E-state index in [1.54, 1.807) is 12.1 Å². The van der Waals surface area contributed by atoms with E-state index in [0.29, 0.717) is 40.3 Å². The van der Waals surface area contributed by atoms with E-state index in [4.69, 9.17) is 28.9 Å². The van der Waals surface area contributed by atoms with Gasteiger partial charge in [0.25, 0.3) is 0 Å². The Labute approximate surface area is 130 Å². The van der Waals surface area contributed by atoms with E-state index in [0.717, 1.165) is 6.54 Å². The number of carbonyl (C=O) groups excluding carboxylic acids is 1. The number of nitrogen functional groups attached to an aromatic ring is 1. The highest BCUT2D eigenvalue weighted by atomic mass is 35.5. The Morgan fingerprint density at radius 3 is 2.40 bits per heavy atom. The molecule has 0 aliphatic heterocycles. The Morgan fingerprint density at radius 2 is 1.90 bits per heavy atom. The second-order valence-electron chi connectivity index (χ2n) is 5.31. The summed E-state index contributed by atoms with van der Waals surface area (Å²) in [6, 6.07) is 3.13. The van der Waals surface area contributed by atoms with E-state index in [1.807, 2.05) is 7.05 Å². The molecule has 6 heteroatoms. The summed E-state index contributed by atoms with van der Waals surface area (Å²) in [6.07, 6.45) is 0.389. The molecule has 3 N–H and O–H groups in total. The predicted octanol–water partition coefficient (Wildman–Crippen LogP) is 3.49. The van der Waals surface area contributed by atoms with Crippen LogP contribution in [0.3, 0.4) is 0 Å². The minimum absolute atomic E-state index is 0.117. The van der Waals surface area contributed by atoms with Crippen molar-refractivity contribution in [1.82, 2.24) is 4.90 Å². The van der Waals surface area contributed by atoms with Crippen molar-refractivity contribution in [3.05, 3.63) is 22.2 Å². The van der Waals surface area contributed by atoms with Gasteiger partial charge in [0.2, 0.25) is 5.91 Å². The van der Waals surface area contributed by atoms with Gasteiger partial charge in [0.1, 0.15) is 0 Å². The molecular formula is C14H21Cl2N3O. The Balaban J connectivity index is 2.55. The van der Waals surface area contributed by atoms with Crippen molar-refractivity contribution in [3.8, 4) is 0 Å². The van der Waals surface area contributed by atoms with Crippen molar-refractivity contribution in [2.24, 2.45) is 5.92 Å². The van der Waals surface area contributed by atoms with Crippen LogP contribution in [0.25, 0.3) is 0 Å². The van der Waals surface area contributed by atoms with Gasteiger partial charge in [0.15, 0.2) is 0 Å². The molecule has 0 atom stereocenters. The first-order chi connectivity index (χ1) is 9.29. The van der Waals surface area contributed by atoms with Gasteiger partial charge >= 0.3 is 0 Å². The molecule has 0 saturated heterocycles. The maximum Gasteiger partial charge on any atom is 0.225 e. The number of anilines is 2. The zero-order valence-electron chi connectivity index (χ0n) is 12.0. The number of rotatable bonds is 6. The number of nitrogens with two attached hydrogens (primary N) is 1. The molecule has 112 valence electrons. The molecular weight excluding hydrogens is 297 g/mol. The summed E-state index contributed by atoms with van der Waals surface area (Å²) in [7, 11) is 2.00. The molecule has 1 aromatic rings. The van der Waals surface area contributed by atoms with Gasteiger partial charge in [-0.25, -0.2) is 0 Å². The lowest BCUT2D eigenvalue weighted by Gasteiger charge is -2.18. The molecule has 0 aromatic heterocycles. The number of carbonyl (C=O) groups is 1. The van der Waals surface area contributed by atoms with Crippen molar-refractivity contribution in [2.75, 3.05) is 31.2 Å². The molecule has 0 radical (unpaired) electrons. The minimum Gasteiger partial charge on any atom is -0.399 e. The molecule has 0 spiro atoms. The van der Waals surface area contributed by atoms with E-state index in [1.165, 1.54) is 0 Å². The molecule has 0 aliphatic carbocycles. The van der Waals surface area contributed by atoms with Gasteiger partial charge in [-0.1, -0.05) is 37.0 Å². The fourth-order valence-electron chi connectivity index (χ4n) is 1.92. The Hall–Kier alpha value is -0.970. The molecule has 4 nitrogen and oxygen atoms in total. The average molecular weight is 318 g/mol. The van der Waals surface area contributed by atoms with Crippen molar-refractivity contribution >= 4 is 40.5 Å². The third-order valence-corrected chi connectivity index (χ3v) is 3.32. The van der Waals surface area contributed by atoms with Gasteiger partial charge in [-0.3, -0.25) is 4.79 Å². The third-order valence-electron chi connectivity index (χ3n) is 2.73. The number of nitrogens with zero attached hydrogens (tertiary/aromatic N) is 1. The molecule has 0 fully saturated rings. The van der Waals surface area contributed by atoms with Crippen LogP contribution in [0.2, 0.25) is 10.0 Å². The van der Waals surface area contributed by atoms with Crippen molar-refractivity contribution < 1.29 is 4.79 Å². The molecule has 1 rings (SSSR count). The largest absolute Gasteiger partial charge is 0.399 e.